The van der Waals surface area contributed by atoms with E-state index in [1.807, 2.05) is 61.0 Å². The molecule has 0 saturated carbocycles. The van der Waals surface area contributed by atoms with Gasteiger partial charge in [-0.05, 0) is 38.0 Å². The zero-order chi connectivity index (χ0) is 23.1. The number of amides is 2. The predicted octanol–water partition coefficient (Wildman–Crippen LogP) is 3.86. The fourth-order valence-electron chi connectivity index (χ4n) is 4.36. The van der Waals surface area contributed by atoms with Crippen LogP contribution in [0.5, 0.6) is 5.75 Å². The van der Waals surface area contributed by atoms with Gasteiger partial charge in [-0.15, -0.1) is 11.3 Å². The second-order valence-corrected chi connectivity index (χ2v) is 9.76. The van der Waals surface area contributed by atoms with Gasteiger partial charge in [-0.3, -0.25) is 9.59 Å². The second kappa shape index (κ2) is 8.51. The zero-order valence-electron chi connectivity index (χ0n) is 18.9. The number of thiazole rings is 1. The number of rotatable bonds is 5. The third-order valence-electron chi connectivity index (χ3n) is 6.16. The van der Waals surface area contributed by atoms with Gasteiger partial charge in [0.15, 0.2) is 6.73 Å². The molecule has 8 heteroatoms. The Morgan fingerprint density at radius 2 is 2.03 bits per heavy atom. The number of hydrogen-bond donors (Lipinski definition) is 1. The average Bonchev–Trinajstić information content (AvgIpc) is 3.36. The van der Waals surface area contributed by atoms with Crippen LogP contribution in [-0.2, 0) is 0 Å². The minimum absolute atomic E-state index is 0.0421. The van der Waals surface area contributed by atoms with Crippen LogP contribution >= 0.6 is 11.3 Å². The molecule has 5 rings (SSSR count). The standard InChI is InChI=1S/C25H26N4O3S/c1-15-6-4-7-17(12-15)23-21(27-16(2)33-23)25(31)29-11-10-18(29)13-26-24(30)19-8-5-9-20-22(19)28(3)14-32-20/h4-9,12,18H,10-11,13-14H2,1-3H3,(H,26,30)/t18-/m1/s1. The van der Waals surface area contributed by atoms with Gasteiger partial charge >= 0.3 is 0 Å². The number of aromatic nitrogens is 1. The minimum atomic E-state index is -0.159. The predicted molar refractivity (Wildman–Crippen MR) is 129 cm³/mol. The number of fused-ring (bicyclic) bond motifs is 1. The Hall–Kier alpha value is -3.39. The number of ether oxygens (including phenoxy) is 1. The highest BCUT2D eigenvalue weighted by molar-refractivity contribution is 7.15. The molecule has 1 N–H and O–H groups in total. The van der Waals surface area contributed by atoms with Crippen molar-refractivity contribution in [3.05, 3.63) is 64.3 Å². The molecular weight excluding hydrogens is 436 g/mol. The summed E-state index contributed by atoms with van der Waals surface area (Å²) in [7, 11) is 1.90. The molecular formula is C25H26N4O3S. The van der Waals surface area contributed by atoms with E-state index in [0.29, 0.717) is 36.8 Å². The van der Waals surface area contributed by atoms with Crippen LogP contribution in [-0.4, -0.2) is 54.6 Å². The summed E-state index contributed by atoms with van der Waals surface area (Å²) in [6.07, 6.45) is 0.852. The Morgan fingerprint density at radius 3 is 2.79 bits per heavy atom. The fraction of sp³-hybridized carbons (Fsp3) is 0.320. The van der Waals surface area contributed by atoms with Crippen LogP contribution in [0.3, 0.4) is 0 Å². The molecule has 1 saturated heterocycles. The number of carbonyl (C=O) groups excluding carboxylic acids is 2. The van der Waals surface area contributed by atoms with E-state index in [2.05, 4.69) is 16.4 Å². The van der Waals surface area contributed by atoms with Crippen LogP contribution < -0.4 is 15.0 Å². The van der Waals surface area contributed by atoms with Gasteiger partial charge < -0.3 is 19.9 Å². The Bertz CT molecular complexity index is 1240. The van der Waals surface area contributed by atoms with Crippen LogP contribution in [0.4, 0.5) is 5.69 Å². The van der Waals surface area contributed by atoms with Crippen molar-refractivity contribution in [2.24, 2.45) is 0 Å². The molecule has 1 fully saturated rings. The highest BCUT2D eigenvalue weighted by Gasteiger charge is 2.36. The van der Waals surface area contributed by atoms with Crippen LogP contribution in [0.15, 0.2) is 42.5 Å². The first-order valence-corrected chi connectivity index (χ1v) is 11.8. The molecule has 0 spiro atoms. The number of anilines is 1. The van der Waals surface area contributed by atoms with Crippen molar-refractivity contribution in [1.29, 1.82) is 0 Å². The van der Waals surface area contributed by atoms with Gasteiger partial charge in [-0.1, -0.05) is 35.9 Å². The zero-order valence-corrected chi connectivity index (χ0v) is 19.7. The molecule has 3 heterocycles. The summed E-state index contributed by atoms with van der Waals surface area (Å²) in [5, 5.41) is 3.88. The average molecular weight is 463 g/mol. The van der Waals surface area contributed by atoms with Crippen LogP contribution in [0.2, 0.25) is 0 Å². The summed E-state index contributed by atoms with van der Waals surface area (Å²) >= 11 is 1.54. The number of nitrogens with one attached hydrogen (secondary N) is 1. The molecule has 0 unspecified atom stereocenters. The molecule has 1 atom stereocenters. The molecule has 2 aromatic carbocycles. The van der Waals surface area contributed by atoms with Crippen molar-refractivity contribution in [3.8, 4) is 16.2 Å². The number of nitrogens with zero attached hydrogens (tertiary/aromatic N) is 3. The van der Waals surface area contributed by atoms with Crippen molar-refractivity contribution in [3.63, 3.8) is 0 Å². The normalized spacial score (nSPS) is 16.8. The van der Waals surface area contributed by atoms with E-state index >= 15 is 0 Å². The van der Waals surface area contributed by atoms with Crippen molar-refractivity contribution < 1.29 is 14.3 Å². The maximum Gasteiger partial charge on any atom is 0.274 e. The summed E-state index contributed by atoms with van der Waals surface area (Å²) in [5.41, 5.74) is 4.04. The summed E-state index contributed by atoms with van der Waals surface area (Å²) in [6, 6.07) is 13.6. The molecule has 0 radical (unpaired) electrons. The van der Waals surface area contributed by atoms with Crippen molar-refractivity contribution in [1.82, 2.24) is 15.2 Å². The molecule has 2 aliphatic rings. The first-order valence-electron chi connectivity index (χ1n) is 11.0. The lowest BCUT2D eigenvalue weighted by molar-refractivity contribution is 0.0451. The Labute approximate surface area is 197 Å². The lowest BCUT2D eigenvalue weighted by atomic mass is 10.0. The molecule has 7 nitrogen and oxygen atoms in total. The van der Waals surface area contributed by atoms with Gasteiger partial charge in [0.2, 0.25) is 0 Å². The number of aryl methyl sites for hydroxylation is 2. The molecule has 33 heavy (non-hydrogen) atoms. The number of carbonyl (C=O) groups is 2. The maximum absolute atomic E-state index is 13.4. The number of para-hydroxylation sites is 1. The molecule has 0 aliphatic carbocycles. The topological polar surface area (TPSA) is 74.8 Å². The van der Waals surface area contributed by atoms with Gasteiger partial charge in [0, 0.05) is 20.1 Å². The summed E-state index contributed by atoms with van der Waals surface area (Å²) in [4.78, 5) is 35.5. The van der Waals surface area contributed by atoms with Crippen molar-refractivity contribution in [2.45, 2.75) is 26.3 Å². The summed E-state index contributed by atoms with van der Waals surface area (Å²) in [5.74, 6) is 0.483. The Morgan fingerprint density at radius 1 is 1.21 bits per heavy atom. The third-order valence-corrected chi connectivity index (χ3v) is 7.18. The Kier molecular flexibility index (Phi) is 5.54. The van der Waals surface area contributed by atoms with Gasteiger partial charge in [0.1, 0.15) is 11.4 Å². The Balaban J connectivity index is 1.29. The first-order chi connectivity index (χ1) is 15.9. The first kappa shape index (κ1) is 21.5. The van der Waals surface area contributed by atoms with Crippen molar-refractivity contribution >= 4 is 28.8 Å². The van der Waals surface area contributed by atoms with E-state index in [1.165, 1.54) is 11.3 Å². The van der Waals surface area contributed by atoms with E-state index in [1.54, 1.807) is 6.07 Å². The number of hydrogen-bond acceptors (Lipinski definition) is 6. The molecule has 0 bridgehead atoms. The SMILES string of the molecule is Cc1cccc(-c2sc(C)nc2C(=O)N2CC[C@@H]2CNC(=O)c2cccc3c2N(C)CO3)c1. The minimum Gasteiger partial charge on any atom is -0.471 e. The third kappa shape index (κ3) is 3.95. The smallest absolute Gasteiger partial charge is 0.274 e. The van der Waals surface area contributed by atoms with Gasteiger partial charge in [0.25, 0.3) is 11.8 Å². The molecule has 2 amide bonds. The fourth-order valence-corrected chi connectivity index (χ4v) is 5.27. The quantitative estimate of drug-likeness (QED) is 0.623. The second-order valence-electron chi connectivity index (χ2n) is 8.55. The monoisotopic (exact) mass is 462 g/mol. The molecule has 2 aliphatic heterocycles. The van der Waals surface area contributed by atoms with Gasteiger partial charge in [0.05, 0.1) is 27.2 Å². The van der Waals surface area contributed by atoms with E-state index in [9.17, 15) is 9.59 Å². The van der Waals surface area contributed by atoms with E-state index < -0.39 is 0 Å². The lowest BCUT2D eigenvalue weighted by Gasteiger charge is -2.40. The largest absolute Gasteiger partial charge is 0.471 e. The van der Waals surface area contributed by atoms with E-state index in [-0.39, 0.29) is 17.9 Å². The number of likely N-dealkylation sites (tertiary alicyclic amines) is 1. The van der Waals surface area contributed by atoms with Crippen LogP contribution in [0.1, 0.15) is 37.8 Å². The van der Waals surface area contributed by atoms with E-state index in [0.717, 1.165) is 33.1 Å². The summed E-state index contributed by atoms with van der Waals surface area (Å²) in [6.45, 7) is 5.47. The van der Waals surface area contributed by atoms with E-state index in [4.69, 9.17) is 4.74 Å². The van der Waals surface area contributed by atoms with Gasteiger partial charge in [-0.2, -0.15) is 0 Å². The van der Waals surface area contributed by atoms with Gasteiger partial charge in [-0.25, -0.2) is 4.98 Å². The molecule has 170 valence electrons. The highest BCUT2D eigenvalue weighted by Crippen LogP contribution is 2.36. The lowest BCUT2D eigenvalue weighted by Crippen LogP contribution is -2.56. The molecule has 1 aromatic heterocycles. The number of benzene rings is 2. The highest BCUT2D eigenvalue weighted by atomic mass is 32.1. The summed E-state index contributed by atoms with van der Waals surface area (Å²) < 4.78 is 5.60. The maximum atomic E-state index is 13.4. The molecule has 3 aromatic rings. The van der Waals surface area contributed by atoms with Crippen LogP contribution in [0, 0.1) is 13.8 Å². The van der Waals surface area contributed by atoms with Crippen molar-refractivity contribution in [2.75, 3.05) is 31.8 Å². The van der Waals surface area contributed by atoms with Crippen LogP contribution in [0.25, 0.3) is 10.4 Å².